The molecule has 0 aliphatic carbocycles. The van der Waals surface area contributed by atoms with Crippen LogP contribution in [0.1, 0.15) is 17.3 Å². The number of carbonyl (C=O) groups is 1. The number of nitrogens with two attached hydrogens (primary N) is 1. The maximum absolute atomic E-state index is 12.7. The summed E-state index contributed by atoms with van der Waals surface area (Å²) in [6.45, 7) is 1.70. The molecule has 3 aromatic carbocycles. The number of nitrogens with one attached hydrogen (secondary N) is 1. The summed E-state index contributed by atoms with van der Waals surface area (Å²) in [6, 6.07) is 6.95. The van der Waals surface area contributed by atoms with Crippen molar-refractivity contribution >= 4 is 58.4 Å². The minimum absolute atomic E-state index is 0. The second-order valence-electron chi connectivity index (χ2n) is 6.91. The standard InChI is InChI=1S/C18H16N2O10S3.Na.H/c1-9-2-3-10(6-13(9)19)18(21)20-14-4-5-15(32(25,26)27)12-7-11(31(22,23)24)8-16(17(12)14)33(28,29)30;;/h2-8H,19H2,1H3,(H,20,21)(H,22,23,24)(H,25,26,27)(H,28,29,30);;/q;+1;-1. The molecule has 0 heterocycles. The van der Waals surface area contributed by atoms with Crippen LogP contribution in [0.25, 0.3) is 10.8 Å². The molecule has 1 amide bonds. The fraction of sp³-hybridized carbons (Fsp3) is 0.0556. The van der Waals surface area contributed by atoms with Crippen LogP contribution in [0.5, 0.6) is 0 Å². The number of anilines is 2. The molecule has 34 heavy (non-hydrogen) atoms. The molecule has 12 nitrogen and oxygen atoms in total. The van der Waals surface area contributed by atoms with Gasteiger partial charge in [-0.15, -0.1) is 0 Å². The van der Waals surface area contributed by atoms with Crippen molar-refractivity contribution in [2.45, 2.75) is 21.6 Å². The van der Waals surface area contributed by atoms with Crippen molar-refractivity contribution in [3.63, 3.8) is 0 Å². The molecule has 6 N–H and O–H groups in total. The first-order chi connectivity index (χ1) is 15.0. The van der Waals surface area contributed by atoms with Gasteiger partial charge < -0.3 is 12.5 Å². The van der Waals surface area contributed by atoms with Gasteiger partial charge in [0.25, 0.3) is 36.3 Å². The van der Waals surface area contributed by atoms with Gasteiger partial charge in [-0.2, -0.15) is 25.3 Å². The second-order valence-corrected chi connectivity index (χ2v) is 11.1. The number of aryl methyl sites for hydroxylation is 1. The number of fused-ring (bicyclic) bond motifs is 1. The molecular weight excluding hydrogens is 523 g/mol. The fourth-order valence-corrected chi connectivity index (χ4v) is 5.09. The number of amides is 1. The molecule has 0 aromatic heterocycles. The van der Waals surface area contributed by atoms with Gasteiger partial charge in [-0.05, 0) is 48.9 Å². The van der Waals surface area contributed by atoms with Crippen LogP contribution in [0.15, 0.2) is 57.2 Å². The van der Waals surface area contributed by atoms with Crippen molar-refractivity contribution < 1.29 is 74.7 Å². The van der Waals surface area contributed by atoms with Crippen molar-refractivity contribution in [1.29, 1.82) is 0 Å². The second kappa shape index (κ2) is 9.52. The molecule has 0 fully saturated rings. The number of rotatable bonds is 5. The van der Waals surface area contributed by atoms with Crippen LogP contribution in [0.2, 0.25) is 0 Å². The third kappa shape index (κ3) is 5.76. The van der Waals surface area contributed by atoms with Crippen molar-refractivity contribution in [3.05, 3.63) is 53.6 Å². The summed E-state index contributed by atoms with van der Waals surface area (Å²) in [4.78, 5) is 9.55. The van der Waals surface area contributed by atoms with Gasteiger partial charge in [0.1, 0.15) is 9.79 Å². The number of hydrogen-bond acceptors (Lipinski definition) is 8. The Morgan fingerprint density at radius 1 is 0.853 bits per heavy atom. The zero-order valence-electron chi connectivity index (χ0n) is 18.5. The summed E-state index contributed by atoms with van der Waals surface area (Å²) in [6.07, 6.45) is 0. The van der Waals surface area contributed by atoms with Gasteiger partial charge in [0.15, 0.2) is 0 Å². The van der Waals surface area contributed by atoms with E-state index in [0.29, 0.717) is 17.7 Å². The van der Waals surface area contributed by atoms with Crippen molar-refractivity contribution in [2.75, 3.05) is 11.1 Å². The van der Waals surface area contributed by atoms with E-state index in [1.807, 2.05) is 0 Å². The summed E-state index contributed by atoms with van der Waals surface area (Å²) < 4.78 is 99.4. The first-order valence-corrected chi connectivity index (χ1v) is 13.0. The summed E-state index contributed by atoms with van der Waals surface area (Å²) in [5.41, 5.74) is 6.44. The predicted molar refractivity (Wildman–Crippen MR) is 118 cm³/mol. The zero-order chi connectivity index (χ0) is 24.9. The van der Waals surface area contributed by atoms with Crippen molar-refractivity contribution in [2.24, 2.45) is 0 Å². The Balaban J connectivity index is 0.00000306. The van der Waals surface area contributed by atoms with E-state index in [1.165, 1.54) is 12.1 Å². The quantitative estimate of drug-likeness (QED) is 0.148. The molecule has 16 heteroatoms. The smallest absolute Gasteiger partial charge is 1.00 e. The summed E-state index contributed by atoms with van der Waals surface area (Å²) in [5.74, 6) is -0.803. The minimum atomic E-state index is -5.23. The van der Waals surface area contributed by atoms with Crippen LogP contribution < -0.4 is 40.6 Å². The Morgan fingerprint density at radius 2 is 1.44 bits per heavy atom. The van der Waals surface area contributed by atoms with Gasteiger partial charge in [0.2, 0.25) is 0 Å². The Bertz CT molecular complexity index is 1660. The Labute approximate surface area is 218 Å². The van der Waals surface area contributed by atoms with Crippen LogP contribution in [0.4, 0.5) is 11.4 Å². The van der Waals surface area contributed by atoms with Gasteiger partial charge >= 0.3 is 29.6 Å². The van der Waals surface area contributed by atoms with Gasteiger partial charge in [0.05, 0.1) is 10.6 Å². The Kier molecular flexibility index (Phi) is 7.89. The monoisotopic (exact) mass is 540 g/mol. The number of benzene rings is 3. The average Bonchev–Trinajstić information content (AvgIpc) is 2.66. The van der Waals surface area contributed by atoms with Crippen LogP contribution in [0.3, 0.4) is 0 Å². The molecule has 0 aliphatic heterocycles. The molecule has 0 atom stereocenters. The van der Waals surface area contributed by atoms with E-state index in [2.05, 4.69) is 5.32 Å². The van der Waals surface area contributed by atoms with Crippen LogP contribution in [0, 0.1) is 6.92 Å². The van der Waals surface area contributed by atoms with Crippen LogP contribution >= 0.6 is 0 Å². The van der Waals surface area contributed by atoms with Gasteiger partial charge in [-0.3, -0.25) is 18.5 Å². The maximum atomic E-state index is 12.7. The molecule has 0 spiro atoms. The van der Waals surface area contributed by atoms with E-state index in [-0.39, 0.29) is 47.9 Å². The fourth-order valence-electron chi connectivity index (χ4n) is 3.05. The third-order valence-electron chi connectivity index (χ3n) is 4.66. The summed E-state index contributed by atoms with van der Waals surface area (Å²) in [7, 11) is -15.4. The van der Waals surface area contributed by atoms with Crippen molar-refractivity contribution in [1.82, 2.24) is 0 Å². The first-order valence-electron chi connectivity index (χ1n) is 8.71. The Morgan fingerprint density at radius 3 is 1.94 bits per heavy atom. The zero-order valence-corrected chi connectivity index (χ0v) is 22.0. The molecule has 0 unspecified atom stereocenters. The van der Waals surface area contributed by atoms with Gasteiger partial charge in [0, 0.05) is 22.0 Å². The average molecular weight is 541 g/mol. The summed E-state index contributed by atoms with van der Waals surface area (Å²) in [5, 5.41) is 1.00. The first kappa shape index (κ1) is 28.2. The van der Waals surface area contributed by atoms with Gasteiger partial charge in [-0.1, -0.05) is 6.07 Å². The molecule has 3 rings (SSSR count). The van der Waals surface area contributed by atoms with E-state index in [0.717, 1.165) is 12.1 Å². The van der Waals surface area contributed by atoms with E-state index < -0.39 is 61.7 Å². The topological polar surface area (TPSA) is 218 Å². The normalized spacial score (nSPS) is 12.2. The molecular formula is C18H17N2NaO10S3. The Hall–Kier alpha value is -2.08. The number of carbonyl (C=O) groups excluding carboxylic acids is 1. The van der Waals surface area contributed by atoms with Gasteiger partial charge in [-0.25, -0.2) is 0 Å². The van der Waals surface area contributed by atoms with E-state index >= 15 is 0 Å². The van der Waals surface area contributed by atoms with Crippen LogP contribution in [-0.4, -0.2) is 44.8 Å². The van der Waals surface area contributed by atoms with E-state index in [1.54, 1.807) is 13.0 Å². The largest absolute Gasteiger partial charge is 1.00 e. The third-order valence-corrected chi connectivity index (χ3v) is 7.28. The molecule has 178 valence electrons. The molecule has 0 saturated carbocycles. The maximum Gasteiger partial charge on any atom is 1.00 e. The predicted octanol–water partition coefficient (Wildman–Crippen LogP) is -1.16. The summed E-state index contributed by atoms with van der Waals surface area (Å²) >= 11 is 0. The van der Waals surface area contributed by atoms with E-state index in [4.69, 9.17) is 5.73 Å². The number of hydrogen-bond donors (Lipinski definition) is 5. The molecule has 0 aliphatic rings. The molecule has 3 aromatic rings. The minimum Gasteiger partial charge on any atom is -1.00 e. The molecule has 0 radical (unpaired) electrons. The van der Waals surface area contributed by atoms with E-state index in [9.17, 15) is 43.7 Å². The number of nitrogen functional groups attached to an aromatic ring is 1. The van der Waals surface area contributed by atoms with Crippen LogP contribution in [-0.2, 0) is 30.4 Å². The SMILES string of the molecule is Cc1ccc(C(=O)Nc2ccc(S(=O)(=O)O)c3cc(S(=O)(=O)O)cc(S(=O)(=O)O)c23)cc1N.[H-].[Na+]. The van der Waals surface area contributed by atoms with Crippen molar-refractivity contribution in [3.8, 4) is 0 Å². The molecule has 0 saturated heterocycles. The molecule has 0 bridgehead atoms.